The smallest absolute Gasteiger partial charge is 0.172 e. The van der Waals surface area contributed by atoms with Crippen LogP contribution in [-0.4, -0.2) is 48.5 Å². The molecular formula is C30H40O5. The molecule has 35 heavy (non-hydrogen) atoms. The van der Waals surface area contributed by atoms with Crippen LogP contribution in [0.25, 0.3) is 0 Å². The van der Waals surface area contributed by atoms with Crippen molar-refractivity contribution in [2.24, 2.45) is 29.1 Å². The first-order valence-corrected chi connectivity index (χ1v) is 13.6. The minimum atomic E-state index is -0.873. The van der Waals surface area contributed by atoms with Gasteiger partial charge in [0, 0.05) is 24.9 Å². The van der Waals surface area contributed by atoms with E-state index in [4.69, 9.17) is 14.2 Å². The molecule has 0 bridgehead atoms. The first kappa shape index (κ1) is 23.7. The molecule has 5 nitrogen and oxygen atoms in total. The Morgan fingerprint density at radius 2 is 1.89 bits per heavy atom. The van der Waals surface area contributed by atoms with E-state index in [-0.39, 0.29) is 12.0 Å². The molecule has 1 aromatic carbocycles. The minimum absolute atomic E-state index is 0.116. The van der Waals surface area contributed by atoms with Crippen molar-refractivity contribution in [2.45, 2.75) is 69.2 Å². The van der Waals surface area contributed by atoms with Crippen LogP contribution in [0.15, 0.2) is 48.1 Å². The van der Waals surface area contributed by atoms with Gasteiger partial charge in [-0.25, -0.2) is 0 Å². The van der Waals surface area contributed by atoms with Crippen LogP contribution in [0.1, 0.15) is 63.4 Å². The minimum Gasteiger partial charge on any atom is -0.497 e. The van der Waals surface area contributed by atoms with Gasteiger partial charge in [-0.3, -0.25) is 0 Å². The standard InChI is InChI=1S/C30H40O5/c1-28-19-25(20-4-7-22(33-2)8-5-20)27-23-10-14-30(34-16-17-35-30)18-21(23)6-9-24(27)26(28)11-13-29(28,32)12-3-15-31/h4-8,11,13,23-27,31-32H,3,9-10,12,14-19H2,1-2H3/t23-,24-,25+,26-,27+,28-,29-/m0/s1. The molecule has 4 aliphatic carbocycles. The highest BCUT2D eigenvalue weighted by molar-refractivity contribution is 5.36. The van der Waals surface area contributed by atoms with Crippen LogP contribution in [0.3, 0.4) is 0 Å². The highest BCUT2D eigenvalue weighted by Gasteiger charge is 2.62. The van der Waals surface area contributed by atoms with Crippen molar-refractivity contribution >= 4 is 0 Å². The van der Waals surface area contributed by atoms with E-state index in [1.807, 2.05) is 0 Å². The topological polar surface area (TPSA) is 68.2 Å². The van der Waals surface area contributed by atoms with E-state index < -0.39 is 11.4 Å². The number of fused-ring (bicyclic) bond motifs is 5. The van der Waals surface area contributed by atoms with Gasteiger partial charge in [-0.15, -0.1) is 0 Å². The number of allylic oxidation sites excluding steroid dienone is 2. The zero-order valence-corrected chi connectivity index (χ0v) is 21.1. The molecule has 3 fully saturated rings. The van der Waals surface area contributed by atoms with E-state index in [1.54, 1.807) is 7.11 Å². The van der Waals surface area contributed by atoms with Gasteiger partial charge in [0.1, 0.15) is 5.75 Å². The lowest BCUT2D eigenvalue weighted by atomic mass is 9.46. The number of methoxy groups -OCH3 is 1. The number of benzene rings is 1. The summed E-state index contributed by atoms with van der Waals surface area (Å²) in [6.07, 6.45) is 13.1. The summed E-state index contributed by atoms with van der Waals surface area (Å²) >= 11 is 0. The van der Waals surface area contributed by atoms with Crippen molar-refractivity contribution < 1.29 is 24.4 Å². The van der Waals surface area contributed by atoms with Gasteiger partial charge in [-0.05, 0) is 79.4 Å². The molecular weight excluding hydrogens is 440 g/mol. The molecule has 0 amide bonds. The molecule has 2 saturated carbocycles. The van der Waals surface area contributed by atoms with E-state index in [0.717, 1.165) is 37.9 Å². The van der Waals surface area contributed by atoms with E-state index >= 15 is 0 Å². The molecule has 0 aromatic heterocycles. The number of aliphatic hydroxyl groups is 2. The van der Waals surface area contributed by atoms with Crippen LogP contribution in [0.4, 0.5) is 0 Å². The lowest BCUT2D eigenvalue weighted by molar-refractivity contribution is -0.178. The van der Waals surface area contributed by atoms with Crippen molar-refractivity contribution in [3.63, 3.8) is 0 Å². The van der Waals surface area contributed by atoms with Gasteiger partial charge in [0.2, 0.25) is 0 Å². The molecule has 0 radical (unpaired) electrons. The zero-order chi connectivity index (χ0) is 24.3. The maximum atomic E-state index is 11.9. The first-order chi connectivity index (χ1) is 16.9. The summed E-state index contributed by atoms with van der Waals surface area (Å²) in [5.74, 6) is 2.75. The summed E-state index contributed by atoms with van der Waals surface area (Å²) < 4.78 is 17.7. The maximum absolute atomic E-state index is 11.9. The van der Waals surface area contributed by atoms with Crippen LogP contribution < -0.4 is 4.74 Å². The van der Waals surface area contributed by atoms with Crippen molar-refractivity contribution in [2.75, 3.05) is 26.9 Å². The molecule has 1 heterocycles. The van der Waals surface area contributed by atoms with Crippen molar-refractivity contribution in [3.05, 3.63) is 53.6 Å². The van der Waals surface area contributed by atoms with E-state index in [1.165, 1.54) is 11.1 Å². The highest BCUT2D eigenvalue weighted by Crippen LogP contribution is 2.67. The summed E-state index contributed by atoms with van der Waals surface area (Å²) in [7, 11) is 1.71. The van der Waals surface area contributed by atoms with Crippen LogP contribution in [-0.2, 0) is 9.47 Å². The average molecular weight is 481 g/mol. The number of ether oxygens (including phenoxy) is 3. The average Bonchev–Trinajstić information content (AvgIpc) is 3.43. The van der Waals surface area contributed by atoms with Crippen LogP contribution >= 0.6 is 0 Å². The summed E-state index contributed by atoms with van der Waals surface area (Å²) in [6, 6.07) is 8.65. The number of aliphatic hydroxyl groups excluding tert-OH is 1. The summed E-state index contributed by atoms with van der Waals surface area (Å²) in [4.78, 5) is 0. The molecule has 1 aromatic rings. The van der Waals surface area contributed by atoms with E-state index in [2.05, 4.69) is 49.4 Å². The van der Waals surface area contributed by atoms with Gasteiger partial charge >= 0.3 is 0 Å². The molecule has 7 atom stereocenters. The Morgan fingerprint density at radius 3 is 2.60 bits per heavy atom. The fourth-order valence-electron chi connectivity index (χ4n) is 8.59. The van der Waals surface area contributed by atoms with E-state index in [9.17, 15) is 10.2 Å². The fraction of sp³-hybridized carbons (Fsp3) is 0.667. The maximum Gasteiger partial charge on any atom is 0.172 e. The fourth-order valence-corrected chi connectivity index (χ4v) is 8.59. The lowest BCUT2D eigenvalue weighted by Crippen LogP contribution is -2.56. The Balaban J connectivity index is 1.39. The Bertz CT molecular complexity index is 993. The van der Waals surface area contributed by atoms with Gasteiger partial charge in [0.25, 0.3) is 0 Å². The Morgan fingerprint density at radius 1 is 1.11 bits per heavy atom. The Labute approximate surface area is 209 Å². The second-order valence-electron chi connectivity index (χ2n) is 11.8. The molecule has 6 rings (SSSR count). The third-order valence-corrected chi connectivity index (χ3v) is 10.3. The van der Waals surface area contributed by atoms with Gasteiger partial charge in [-0.1, -0.05) is 42.9 Å². The van der Waals surface area contributed by atoms with Crippen LogP contribution in [0, 0.1) is 29.1 Å². The third kappa shape index (κ3) is 3.65. The molecule has 190 valence electrons. The first-order valence-electron chi connectivity index (χ1n) is 13.6. The molecule has 1 spiro atoms. The molecule has 5 aliphatic rings. The molecule has 0 unspecified atom stereocenters. The number of rotatable bonds is 5. The number of hydrogen-bond acceptors (Lipinski definition) is 5. The summed E-state index contributed by atoms with van der Waals surface area (Å²) in [5, 5.41) is 21.4. The largest absolute Gasteiger partial charge is 0.497 e. The zero-order valence-electron chi connectivity index (χ0n) is 21.1. The van der Waals surface area contributed by atoms with E-state index in [0.29, 0.717) is 55.6 Å². The molecule has 1 saturated heterocycles. The lowest BCUT2D eigenvalue weighted by Gasteiger charge is -2.59. The van der Waals surface area contributed by atoms with Gasteiger partial charge in [0.15, 0.2) is 5.79 Å². The van der Waals surface area contributed by atoms with Crippen LogP contribution in [0.5, 0.6) is 5.75 Å². The number of hydrogen-bond donors (Lipinski definition) is 2. The Kier molecular flexibility index (Phi) is 5.91. The normalized spacial score (nSPS) is 41.3. The summed E-state index contributed by atoms with van der Waals surface area (Å²) in [5.41, 5.74) is 1.76. The Hall–Kier alpha value is -1.66. The summed E-state index contributed by atoms with van der Waals surface area (Å²) in [6.45, 7) is 3.83. The quantitative estimate of drug-likeness (QED) is 0.582. The van der Waals surface area contributed by atoms with Crippen molar-refractivity contribution in [1.29, 1.82) is 0 Å². The monoisotopic (exact) mass is 480 g/mol. The van der Waals surface area contributed by atoms with Crippen LogP contribution in [0.2, 0.25) is 0 Å². The highest BCUT2D eigenvalue weighted by atomic mass is 16.7. The molecule has 2 N–H and O–H groups in total. The van der Waals surface area contributed by atoms with Gasteiger partial charge in [0.05, 0.1) is 25.9 Å². The molecule has 1 aliphatic heterocycles. The third-order valence-electron chi connectivity index (χ3n) is 10.3. The predicted molar refractivity (Wildman–Crippen MR) is 134 cm³/mol. The second kappa shape index (κ2) is 8.72. The van der Waals surface area contributed by atoms with Gasteiger partial charge < -0.3 is 24.4 Å². The molecule has 5 heteroatoms. The van der Waals surface area contributed by atoms with Crippen molar-refractivity contribution in [3.8, 4) is 5.75 Å². The second-order valence-corrected chi connectivity index (χ2v) is 11.8. The predicted octanol–water partition coefficient (Wildman–Crippen LogP) is 4.98. The SMILES string of the molecule is COc1ccc([C@H]2C[C@@]3(C)[C@@H](C=C[C@@]3(O)CCCO)[C@@H]3CC=C4CC5(CC[C@@H]4[C@H]32)OCCO5)cc1. The van der Waals surface area contributed by atoms with Gasteiger partial charge in [-0.2, -0.15) is 0 Å². The van der Waals surface area contributed by atoms with Crippen molar-refractivity contribution in [1.82, 2.24) is 0 Å².